The number of fused-ring (bicyclic) bond motifs is 1. The third-order valence-electron chi connectivity index (χ3n) is 7.69. The van der Waals surface area contributed by atoms with Gasteiger partial charge in [-0.2, -0.15) is 13.2 Å². The third kappa shape index (κ3) is 5.79. The molecule has 11 heteroatoms. The maximum absolute atomic E-state index is 14.0. The van der Waals surface area contributed by atoms with Crippen molar-refractivity contribution in [2.75, 3.05) is 38.5 Å². The van der Waals surface area contributed by atoms with E-state index in [0.29, 0.717) is 18.8 Å². The number of rotatable bonds is 6. The first kappa shape index (κ1) is 27.7. The Morgan fingerprint density at radius 1 is 1.02 bits per heavy atom. The summed E-state index contributed by atoms with van der Waals surface area (Å²) in [5.41, 5.74) is 3.90. The lowest BCUT2D eigenvalue weighted by atomic mass is 10.0. The van der Waals surface area contributed by atoms with Gasteiger partial charge in [0.25, 0.3) is 5.91 Å². The van der Waals surface area contributed by atoms with E-state index in [2.05, 4.69) is 25.2 Å². The predicted octanol–water partition coefficient (Wildman–Crippen LogP) is 5.74. The summed E-state index contributed by atoms with van der Waals surface area (Å²) in [6.45, 7) is 5.13. The quantitative estimate of drug-likeness (QED) is 0.271. The van der Waals surface area contributed by atoms with Crippen LogP contribution in [0.25, 0.3) is 28.0 Å². The van der Waals surface area contributed by atoms with Gasteiger partial charge in [-0.3, -0.25) is 9.69 Å². The molecule has 0 saturated carbocycles. The van der Waals surface area contributed by atoms with Crippen molar-refractivity contribution in [1.29, 1.82) is 0 Å². The zero-order valence-corrected chi connectivity index (χ0v) is 23.2. The highest BCUT2D eigenvalue weighted by molar-refractivity contribution is 6.04. The van der Waals surface area contributed by atoms with E-state index in [4.69, 9.17) is 0 Å². The maximum Gasteiger partial charge on any atom is 0.416 e. The lowest BCUT2D eigenvalue weighted by Gasteiger charge is -2.33. The number of benzene rings is 2. The van der Waals surface area contributed by atoms with E-state index in [1.54, 1.807) is 24.7 Å². The molecule has 3 aromatic heterocycles. The molecule has 42 heavy (non-hydrogen) atoms. The molecular formula is C31H30F3N7O. The number of aromatic amines is 1. The number of anilines is 1. The molecule has 8 nitrogen and oxygen atoms in total. The molecule has 4 heterocycles. The SMILES string of the molecule is Cc1ccc(NC(=O)c2ccc(CN3CCN(C)CC3)c(C(F)(F)F)c2)cc1-n1cnc(-c2cnc3[nH]ccc3c2)c1. The Bertz CT molecular complexity index is 1750. The van der Waals surface area contributed by atoms with Gasteiger partial charge in [0.15, 0.2) is 0 Å². The number of carbonyl (C=O) groups excluding carboxylic acids is 1. The van der Waals surface area contributed by atoms with E-state index < -0.39 is 17.6 Å². The lowest BCUT2D eigenvalue weighted by Crippen LogP contribution is -2.44. The second kappa shape index (κ2) is 11.1. The van der Waals surface area contributed by atoms with Crippen molar-refractivity contribution >= 4 is 22.6 Å². The van der Waals surface area contributed by atoms with Crippen molar-refractivity contribution in [2.24, 2.45) is 0 Å². The molecule has 5 aromatic rings. The van der Waals surface area contributed by atoms with Gasteiger partial charge in [0.2, 0.25) is 0 Å². The van der Waals surface area contributed by atoms with Crippen LogP contribution in [0.3, 0.4) is 0 Å². The van der Waals surface area contributed by atoms with Gasteiger partial charge < -0.3 is 19.8 Å². The predicted molar refractivity (Wildman–Crippen MR) is 156 cm³/mol. The largest absolute Gasteiger partial charge is 0.416 e. The van der Waals surface area contributed by atoms with Crippen LogP contribution in [0.2, 0.25) is 0 Å². The zero-order valence-electron chi connectivity index (χ0n) is 23.2. The summed E-state index contributed by atoms with van der Waals surface area (Å²) in [5.74, 6) is -0.612. The van der Waals surface area contributed by atoms with Gasteiger partial charge in [-0.1, -0.05) is 12.1 Å². The summed E-state index contributed by atoms with van der Waals surface area (Å²) < 4.78 is 43.9. The smallest absolute Gasteiger partial charge is 0.346 e. The number of hydrogen-bond acceptors (Lipinski definition) is 5. The number of imidazole rings is 1. The molecule has 0 unspecified atom stereocenters. The minimum absolute atomic E-state index is 0.0517. The summed E-state index contributed by atoms with van der Waals surface area (Å²) in [6, 6.07) is 13.1. The van der Waals surface area contributed by atoms with E-state index in [0.717, 1.165) is 52.7 Å². The third-order valence-corrected chi connectivity index (χ3v) is 7.69. The standard InChI is InChI=1S/C31H30F3N7O/c1-20-3-6-25(15-28(20)41-18-27(37-19-41)24-13-21-7-8-35-29(21)36-16-24)38-30(42)22-4-5-23(26(14-22)31(32,33)34)17-40-11-9-39(2)10-12-40/h3-8,13-16,18-19H,9-12,17H2,1-2H3,(H,35,36)(H,38,42). The zero-order chi connectivity index (χ0) is 29.4. The Morgan fingerprint density at radius 3 is 2.62 bits per heavy atom. The number of piperazine rings is 1. The Morgan fingerprint density at radius 2 is 1.83 bits per heavy atom. The van der Waals surface area contributed by atoms with Crippen molar-refractivity contribution < 1.29 is 18.0 Å². The normalized spacial score (nSPS) is 14.9. The van der Waals surface area contributed by atoms with Crippen LogP contribution in [0.15, 0.2) is 73.4 Å². The van der Waals surface area contributed by atoms with Gasteiger partial charge >= 0.3 is 6.18 Å². The molecule has 1 aliphatic heterocycles. The molecule has 1 aliphatic rings. The van der Waals surface area contributed by atoms with Crippen LogP contribution in [-0.2, 0) is 12.7 Å². The summed E-state index contributed by atoms with van der Waals surface area (Å²) in [7, 11) is 2.00. The number of amides is 1. The second-order valence-corrected chi connectivity index (χ2v) is 10.7. The monoisotopic (exact) mass is 573 g/mol. The lowest BCUT2D eigenvalue weighted by molar-refractivity contribution is -0.138. The molecule has 0 bridgehead atoms. The molecule has 0 aliphatic carbocycles. The van der Waals surface area contributed by atoms with E-state index in [1.807, 2.05) is 54.0 Å². The van der Waals surface area contributed by atoms with Gasteiger partial charge in [0.05, 0.1) is 23.3 Å². The van der Waals surface area contributed by atoms with Crippen LogP contribution in [0.4, 0.5) is 18.9 Å². The van der Waals surface area contributed by atoms with E-state index in [9.17, 15) is 18.0 Å². The molecule has 2 N–H and O–H groups in total. The molecule has 1 saturated heterocycles. The van der Waals surface area contributed by atoms with Crippen molar-refractivity contribution in [3.8, 4) is 16.9 Å². The average Bonchev–Trinajstić information content (AvgIpc) is 3.64. The van der Waals surface area contributed by atoms with E-state index >= 15 is 0 Å². The fourth-order valence-electron chi connectivity index (χ4n) is 5.22. The highest BCUT2D eigenvalue weighted by atomic mass is 19.4. The van der Waals surface area contributed by atoms with Gasteiger partial charge in [0, 0.05) is 73.5 Å². The van der Waals surface area contributed by atoms with Crippen LogP contribution in [-0.4, -0.2) is 68.5 Å². The Kier molecular flexibility index (Phi) is 7.29. The van der Waals surface area contributed by atoms with E-state index in [-0.39, 0.29) is 17.7 Å². The van der Waals surface area contributed by atoms with Crippen LogP contribution in [0.1, 0.15) is 27.0 Å². The Hall–Kier alpha value is -4.48. The molecule has 0 atom stereocenters. The molecular weight excluding hydrogens is 543 g/mol. The van der Waals surface area contributed by atoms with Gasteiger partial charge in [0.1, 0.15) is 5.65 Å². The Labute approximate surface area is 240 Å². The van der Waals surface area contributed by atoms with Gasteiger partial charge in [-0.15, -0.1) is 0 Å². The minimum Gasteiger partial charge on any atom is -0.346 e. The van der Waals surface area contributed by atoms with E-state index in [1.165, 1.54) is 12.1 Å². The number of likely N-dealkylation sites (N-methyl/N-ethyl adjacent to an activating group) is 1. The number of alkyl halides is 3. The number of halogens is 3. The number of nitrogens with zero attached hydrogens (tertiary/aromatic N) is 5. The van der Waals surface area contributed by atoms with Gasteiger partial charge in [-0.05, 0) is 61.5 Å². The summed E-state index contributed by atoms with van der Waals surface area (Å²) >= 11 is 0. The molecule has 2 aromatic carbocycles. The summed E-state index contributed by atoms with van der Waals surface area (Å²) in [4.78, 5) is 29.3. The van der Waals surface area contributed by atoms with Crippen LogP contribution >= 0.6 is 0 Å². The summed E-state index contributed by atoms with van der Waals surface area (Å²) in [5, 5.41) is 3.74. The highest BCUT2D eigenvalue weighted by Gasteiger charge is 2.34. The van der Waals surface area contributed by atoms with Crippen LogP contribution in [0.5, 0.6) is 0 Å². The minimum atomic E-state index is -4.57. The fraction of sp³-hybridized carbons (Fsp3) is 0.258. The van der Waals surface area contributed by atoms with Crippen molar-refractivity contribution in [2.45, 2.75) is 19.6 Å². The molecule has 1 fully saturated rings. The maximum atomic E-state index is 14.0. The second-order valence-electron chi connectivity index (χ2n) is 10.7. The highest BCUT2D eigenvalue weighted by Crippen LogP contribution is 2.34. The molecule has 0 radical (unpaired) electrons. The number of nitrogens with one attached hydrogen (secondary N) is 2. The van der Waals surface area contributed by atoms with Crippen molar-refractivity contribution in [3.05, 3.63) is 95.7 Å². The number of aryl methyl sites for hydroxylation is 1. The first-order valence-corrected chi connectivity index (χ1v) is 13.6. The first-order chi connectivity index (χ1) is 20.1. The van der Waals surface area contributed by atoms with Crippen molar-refractivity contribution in [3.63, 3.8) is 0 Å². The molecule has 0 spiro atoms. The van der Waals surface area contributed by atoms with Crippen molar-refractivity contribution in [1.82, 2.24) is 29.3 Å². The molecule has 6 rings (SSSR count). The summed E-state index contributed by atoms with van der Waals surface area (Å²) in [6.07, 6.45) is 2.56. The fourth-order valence-corrected chi connectivity index (χ4v) is 5.22. The number of carbonyl (C=O) groups is 1. The molecule has 216 valence electrons. The molecule has 1 amide bonds. The van der Waals surface area contributed by atoms with Crippen LogP contribution < -0.4 is 5.32 Å². The number of aromatic nitrogens is 4. The topological polar surface area (TPSA) is 82.1 Å². The van der Waals surface area contributed by atoms with Gasteiger partial charge in [-0.25, -0.2) is 9.97 Å². The number of H-pyrrole nitrogens is 1. The average molecular weight is 574 g/mol. The Balaban J connectivity index is 1.21. The number of pyridine rings is 1. The first-order valence-electron chi connectivity index (χ1n) is 13.6. The van der Waals surface area contributed by atoms with Crippen LogP contribution in [0, 0.1) is 6.92 Å². The number of hydrogen-bond donors (Lipinski definition) is 2.